The van der Waals surface area contributed by atoms with E-state index >= 15 is 0 Å². The highest BCUT2D eigenvalue weighted by Crippen LogP contribution is 2.33. The van der Waals surface area contributed by atoms with Crippen molar-refractivity contribution in [1.82, 2.24) is 5.32 Å². The summed E-state index contributed by atoms with van der Waals surface area (Å²) in [6.45, 7) is 2.60. The Morgan fingerprint density at radius 2 is 1.75 bits per heavy atom. The molecule has 4 rings (SSSR count). The number of hydrogen-bond acceptors (Lipinski definition) is 2. The number of furan rings is 1. The average Bonchev–Trinajstić information content (AvgIpc) is 3.19. The van der Waals surface area contributed by atoms with Crippen molar-refractivity contribution < 1.29 is 22.4 Å². The van der Waals surface area contributed by atoms with E-state index in [0.29, 0.717) is 29.0 Å². The molecule has 3 aromatic carbocycles. The standard InChI is InChI=1S/C26H22F3NO2/c1-2-12-30-25(31)19-8-4-7-18(15-19)22-10-5-11-24-23(22)16-21(32-24)14-17-6-3-9-20(13-17)26(27,28)29/h3-11,13,15-16H,2,12,14H2,1H3,(H,30,31). The van der Waals surface area contributed by atoms with Crippen molar-refractivity contribution in [3.8, 4) is 11.1 Å². The lowest BCUT2D eigenvalue weighted by Gasteiger charge is -2.07. The Balaban J connectivity index is 1.66. The molecule has 1 N–H and O–H groups in total. The molecule has 164 valence electrons. The normalized spacial score (nSPS) is 11.6. The highest BCUT2D eigenvalue weighted by atomic mass is 19.4. The van der Waals surface area contributed by atoms with E-state index in [2.05, 4.69) is 5.32 Å². The molecule has 0 aliphatic heterocycles. The lowest BCUT2D eigenvalue weighted by molar-refractivity contribution is -0.137. The summed E-state index contributed by atoms with van der Waals surface area (Å²) in [5.41, 5.74) is 2.82. The minimum Gasteiger partial charge on any atom is -0.461 e. The first-order valence-corrected chi connectivity index (χ1v) is 10.4. The third kappa shape index (κ3) is 4.69. The molecule has 0 aliphatic rings. The van der Waals surface area contributed by atoms with E-state index in [0.717, 1.165) is 35.1 Å². The summed E-state index contributed by atoms with van der Waals surface area (Å²) in [7, 11) is 0. The molecule has 0 spiro atoms. The van der Waals surface area contributed by atoms with Crippen LogP contribution < -0.4 is 5.32 Å². The third-order valence-electron chi connectivity index (χ3n) is 5.22. The van der Waals surface area contributed by atoms with Crippen molar-refractivity contribution in [3.05, 3.63) is 95.2 Å². The van der Waals surface area contributed by atoms with Gasteiger partial charge in [-0.2, -0.15) is 13.2 Å². The largest absolute Gasteiger partial charge is 0.461 e. The fraction of sp³-hybridized carbons (Fsp3) is 0.192. The van der Waals surface area contributed by atoms with Gasteiger partial charge in [-0.1, -0.05) is 49.4 Å². The van der Waals surface area contributed by atoms with Crippen molar-refractivity contribution in [1.29, 1.82) is 0 Å². The Morgan fingerprint density at radius 1 is 0.969 bits per heavy atom. The van der Waals surface area contributed by atoms with Gasteiger partial charge >= 0.3 is 6.18 Å². The molecule has 4 aromatic rings. The molecule has 1 aromatic heterocycles. The van der Waals surface area contributed by atoms with Gasteiger partial charge in [-0.05, 0) is 53.4 Å². The number of amides is 1. The van der Waals surface area contributed by atoms with Crippen LogP contribution in [0, 0.1) is 0 Å². The minimum absolute atomic E-state index is 0.127. The highest BCUT2D eigenvalue weighted by molar-refractivity contribution is 5.98. The highest BCUT2D eigenvalue weighted by Gasteiger charge is 2.30. The number of fused-ring (bicyclic) bond motifs is 1. The van der Waals surface area contributed by atoms with Crippen LogP contribution in [-0.2, 0) is 12.6 Å². The number of halogens is 3. The second-order valence-corrected chi connectivity index (χ2v) is 7.64. The first kappa shape index (κ1) is 21.7. The van der Waals surface area contributed by atoms with Crippen LogP contribution in [0.4, 0.5) is 13.2 Å². The first-order chi connectivity index (χ1) is 15.3. The Hall–Kier alpha value is -3.54. The molecule has 0 fully saturated rings. The molecule has 32 heavy (non-hydrogen) atoms. The molecule has 6 heteroatoms. The summed E-state index contributed by atoms with van der Waals surface area (Å²) in [5, 5.41) is 3.72. The van der Waals surface area contributed by atoms with Gasteiger partial charge in [0.25, 0.3) is 5.91 Å². The lowest BCUT2D eigenvalue weighted by atomic mass is 9.99. The fourth-order valence-corrected chi connectivity index (χ4v) is 3.68. The third-order valence-corrected chi connectivity index (χ3v) is 5.22. The summed E-state index contributed by atoms with van der Waals surface area (Å²) >= 11 is 0. The molecule has 1 amide bonds. The topological polar surface area (TPSA) is 42.2 Å². The van der Waals surface area contributed by atoms with E-state index in [4.69, 9.17) is 4.42 Å². The SMILES string of the molecule is CCCNC(=O)c1cccc(-c2cccc3oc(Cc4cccc(C(F)(F)F)c4)cc23)c1. The first-order valence-electron chi connectivity index (χ1n) is 10.4. The number of carbonyl (C=O) groups is 1. The van der Waals surface area contributed by atoms with E-state index < -0.39 is 11.7 Å². The summed E-state index contributed by atoms with van der Waals surface area (Å²) in [5.74, 6) is 0.446. The van der Waals surface area contributed by atoms with Gasteiger partial charge in [0.1, 0.15) is 11.3 Å². The number of rotatable bonds is 6. The lowest BCUT2D eigenvalue weighted by Crippen LogP contribution is -2.23. The Kier molecular flexibility index (Phi) is 6.04. The fourth-order valence-electron chi connectivity index (χ4n) is 3.68. The van der Waals surface area contributed by atoms with Crippen molar-refractivity contribution >= 4 is 16.9 Å². The summed E-state index contributed by atoms with van der Waals surface area (Å²) in [4.78, 5) is 12.3. The van der Waals surface area contributed by atoms with Crippen LogP contribution in [0.25, 0.3) is 22.1 Å². The molecule has 0 aliphatic carbocycles. The predicted molar refractivity (Wildman–Crippen MR) is 119 cm³/mol. The number of carbonyl (C=O) groups excluding carboxylic acids is 1. The van der Waals surface area contributed by atoms with E-state index in [1.165, 1.54) is 6.07 Å². The van der Waals surface area contributed by atoms with Gasteiger partial charge in [-0.15, -0.1) is 0 Å². The number of alkyl halides is 3. The Morgan fingerprint density at radius 3 is 2.53 bits per heavy atom. The maximum atomic E-state index is 13.0. The van der Waals surface area contributed by atoms with Crippen LogP contribution in [0.3, 0.4) is 0 Å². The molecule has 1 heterocycles. The summed E-state index contributed by atoms with van der Waals surface area (Å²) in [6, 6.07) is 20.1. The van der Waals surface area contributed by atoms with Gasteiger partial charge in [-0.3, -0.25) is 4.79 Å². The molecular weight excluding hydrogens is 415 g/mol. The van der Waals surface area contributed by atoms with Crippen molar-refractivity contribution in [2.24, 2.45) is 0 Å². The molecule has 0 radical (unpaired) electrons. The molecule has 0 bridgehead atoms. The van der Waals surface area contributed by atoms with Crippen molar-refractivity contribution in [2.45, 2.75) is 25.9 Å². The van der Waals surface area contributed by atoms with E-state index in [-0.39, 0.29) is 12.3 Å². The van der Waals surface area contributed by atoms with Crippen molar-refractivity contribution in [2.75, 3.05) is 6.54 Å². The Labute approximate surface area is 183 Å². The van der Waals surface area contributed by atoms with Gasteiger partial charge in [-0.25, -0.2) is 0 Å². The maximum Gasteiger partial charge on any atom is 0.416 e. The van der Waals surface area contributed by atoms with Gasteiger partial charge in [0, 0.05) is 23.9 Å². The van der Waals surface area contributed by atoms with Gasteiger partial charge in [0.2, 0.25) is 0 Å². The van der Waals surface area contributed by atoms with Crippen LogP contribution in [0.15, 0.2) is 77.2 Å². The zero-order valence-electron chi connectivity index (χ0n) is 17.5. The van der Waals surface area contributed by atoms with E-state index in [1.807, 2.05) is 49.4 Å². The zero-order valence-corrected chi connectivity index (χ0v) is 17.5. The molecule has 3 nitrogen and oxygen atoms in total. The summed E-state index contributed by atoms with van der Waals surface area (Å²) in [6.07, 6.45) is -3.28. The number of benzene rings is 3. The number of hydrogen-bond donors (Lipinski definition) is 1. The predicted octanol–water partition coefficient (Wildman–Crippen LogP) is 6.85. The van der Waals surface area contributed by atoms with Gasteiger partial charge < -0.3 is 9.73 Å². The van der Waals surface area contributed by atoms with Crippen LogP contribution in [0.1, 0.15) is 40.6 Å². The molecule has 0 saturated heterocycles. The summed E-state index contributed by atoms with van der Waals surface area (Å²) < 4.78 is 45.0. The minimum atomic E-state index is -4.38. The van der Waals surface area contributed by atoms with E-state index in [9.17, 15) is 18.0 Å². The molecular formula is C26H22F3NO2. The second-order valence-electron chi connectivity index (χ2n) is 7.64. The van der Waals surface area contributed by atoms with E-state index in [1.54, 1.807) is 12.1 Å². The maximum absolute atomic E-state index is 13.0. The molecule has 0 unspecified atom stereocenters. The zero-order chi connectivity index (χ0) is 22.7. The van der Waals surface area contributed by atoms with Gasteiger partial charge in [0.15, 0.2) is 0 Å². The second kappa shape index (κ2) is 8.91. The van der Waals surface area contributed by atoms with Crippen LogP contribution >= 0.6 is 0 Å². The van der Waals surface area contributed by atoms with Gasteiger partial charge in [0.05, 0.1) is 5.56 Å². The van der Waals surface area contributed by atoms with Crippen LogP contribution in [0.5, 0.6) is 0 Å². The Bertz CT molecular complexity index is 1260. The average molecular weight is 437 g/mol. The smallest absolute Gasteiger partial charge is 0.416 e. The van der Waals surface area contributed by atoms with Crippen molar-refractivity contribution in [3.63, 3.8) is 0 Å². The number of nitrogens with one attached hydrogen (secondary N) is 1. The van der Waals surface area contributed by atoms with Crippen LogP contribution in [0.2, 0.25) is 0 Å². The quantitative estimate of drug-likeness (QED) is 0.358. The monoisotopic (exact) mass is 437 g/mol. The van der Waals surface area contributed by atoms with Crippen LogP contribution in [-0.4, -0.2) is 12.5 Å². The molecule has 0 saturated carbocycles. The molecule has 0 atom stereocenters.